The van der Waals surface area contributed by atoms with E-state index in [0.717, 1.165) is 0 Å². The van der Waals surface area contributed by atoms with Crippen LogP contribution < -0.4 is 10.6 Å². The molecule has 3 nitrogen and oxygen atoms in total. The molecule has 11 heavy (non-hydrogen) atoms. The molecule has 2 amide bonds. The van der Waals surface area contributed by atoms with Crippen LogP contribution in [0.4, 0.5) is 4.79 Å². The van der Waals surface area contributed by atoms with Gasteiger partial charge in [0.25, 0.3) is 0 Å². The van der Waals surface area contributed by atoms with Gasteiger partial charge < -0.3 is 10.6 Å². The van der Waals surface area contributed by atoms with Crippen LogP contribution in [0.15, 0.2) is 24.9 Å². The fraction of sp³-hybridized carbons (Fsp3) is 0.375. The first kappa shape index (κ1) is 9.75. The fourth-order valence-corrected chi connectivity index (χ4v) is 0.495. The summed E-state index contributed by atoms with van der Waals surface area (Å²) in [5.74, 6) is 0. The number of urea groups is 1. The number of allylic oxidation sites excluding steroid dienone is 1. The minimum Gasteiger partial charge on any atom is -0.336 e. The molecule has 0 saturated heterocycles. The summed E-state index contributed by atoms with van der Waals surface area (Å²) in [5, 5.41) is 5.15. The van der Waals surface area contributed by atoms with E-state index in [0.29, 0.717) is 5.70 Å². The monoisotopic (exact) mass is 154 g/mol. The Bertz CT molecular complexity index is 173. The highest BCUT2D eigenvalue weighted by molar-refractivity contribution is 5.76. The summed E-state index contributed by atoms with van der Waals surface area (Å²) in [6.07, 6.45) is 1.49. The molecule has 0 aliphatic carbocycles. The van der Waals surface area contributed by atoms with Crippen molar-refractivity contribution in [2.45, 2.75) is 19.9 Å². The summed E-state index contributed by atoms with van der Waals surface area (Å²) in [7, 11) is 0. The molecule has 0 aliphatic rings. The van der Waals surface area contributed by atoms with Crippen molar-refractivity contribution >= 4 is 6.03 Å². The van der Waals surface area contributed by atoms with E-state index in [2.05, 4.69) is 23.8 Å². The first-order valence-corrected chi connectivity index (χ1v) is 3.45. The average Bonchev–Trinajstić information content (AvgIpc) is 1.85. The summed E-state index contributed by atoms with van der Waals surface area (Å²) in [6, 6.07) is -0.113. The van der Waals surface area contributed by atoms with E-state index in [4.69, 9.17) is 0 Å². The Labute approximate surface area is 67.2 Å². The van der Waals surface area contributed by atoms with Gasteiger partial charge in [-0.3, -0.25) is 0 Å². The summed E-state index contributed by atoms with van der Waals surface area (Å²) in [6.45, 7) is 10.8. The maximum atomic E-state index is 10.9. The third-order valence-corrected chi connectivity index (χ3v) is 0.940. The smallest absolute Gasteiger partial charge is 0.319 e. The molecule has 0 radical (unpaired) electrons. The lowest BCUT2D eigenvalue weighted by Crippen LogP contribution is -2.38. The standard InChI is InChI=1S/C8H14N2O/c1-5-7(4)10-8(11)9-6(2)3/h5-6H,1,4H2,2-3H3,(H2,9,10,11). The SMILES string of the molecule is C=CC(=C)NC(=O)NC(C)C. The maximum absolute atomic E-state index is 10.9. The molecular formula is C8H14N2O. The van der Waals surface area contributed by atoms with Crippen LogP contribution in [0.3, 0.4) is 0 Å². The van der Waals surface area contributed by atoms with Crippen molar-refractivity contribution < 1.29 is 4.79 Å². The molecule has 3 heteroatoms. The molecule has 0 fully saturated rings. The van der Waals surface area contributed by atoms with E-state index < -0.39 is 0 Å². The first-order chi connectivity index (χ1) is 5.06. The van der Waals surface area contributed by atoms with Gasteiger partial charge in [0, 0.05) is 11.7 Å². The van der Waals surface area contributed by atoms with Crippen molar-refractivity contribution in [2.24, 2.45) is 0 Å². The van der Waals surface area contributed by atoms with Gasteiger partial charge >= 0.3 is 6.03 Å². The van der Waals surface area contributed by atoms with Gasteiger partial charge in [-0.1, -0.05) is 13.2 Å². The Morgan fingerprint density at radius 3 is 2.45 bits per heavy atom. The quantitative estimate of drug-likeness (QED) is 0.593. The Morgan fingerprint density at radius 1 is 1.55 bits per heavy atom. The largest absolute Gasteiger partial charge is 0.336 e. The molecule has 0 unspecified atom stereocenters. The molecule has 0 atom stereocenters. The van der Waals surface area contributed by atoms with Crippen LogP contribution >= 0.6 is 0 Å². The van der Waals surface area contributed by atoms with E-state index in [9.17, 15) is 4.79 Å². The number of hydrogen-bond acceptors (Lipinski definition) is 1. The van der Waals surface area contributed by atoms with E-state index in [-0.39, 0.29) is 12.1 Å². The lowest BCUT2D eigenvalue weighted by molar-refractivity contribution is 0.241. The van der Waals surface area contributed by atoms with Crippen molar-refractivity contribution in [1.29, 1.82) is 0 Å². The number of rotatable bonds is 3. The van der Waals surface area contributed by atoms with Gasteiger partial charge in [0.15, 0.2) is 0 Å². The van der Waals surface area contributed by atoms with Crippen molar-refractivity contribution in [3.05, 3.63) is 24.9 Å². The van der Waals surface area contributed by atoms with Crippen molar-refractivity contribution in [3.8, 4) is 0 Å². The Balaban J connectivity index is 3.69. The van der Waals surface area contributed by atoms with Crippen molar-refractivity contribution in [1.82, 2.24) is 10.6 Å². The van der Waals surface area contributed by atoms with E-state index in [1.54, 1.807) is 0 Å². The highest BCUT2D eigenvalue weighted by Gasteiger charge is 2.00. The average molecular weight is 154 g/mol. The number of amides is 2. The van der Waals surface area contributed by atoms with Gasteiger partial charge in [-0.15, -0.1) is 0 Å². The molecule has 0 rings (SSSR count). The van der Waals surface area contributed by atoms with Gasteiger partial charge in [0.2, 0.25) is 0 Å². The zero-order valence-corrected chi connectivity index (χ0v) is 6.98. The van der Waals surface area contributed by atoms with Gasteiger partial charge in [-0.25, -0.2) is 4.79 Å². The molecule has 0 aromatic carbocycles. The number of carbonyl (C=O) groups excluding carboxylic acids is 1. The number of hydrogen-bond donors (Lipinski definition) is 2. The lowest BCUT2D eigenvalue weighted by atomic mass is 10.4. The Hall–Kier alpha value is -1.25. The van der Waals surface area contributed by atoms with Crippen LogP contribution in [0.25, 0.3) is 0 Å². The first-order valence-electron chi connectivity index (χ1n) is 3.45. The molecule has 0 bridgehead atoms. The van der Waals surface area contributed by atoms with Gasteiger partial charge in [-0.2, -0.15) is 0 Å². The second-order valence-corrected chi connectivity index (χ2v) is 2.48. The van der Waals surface area contributed by atoms with Gasteiger partial charge in [0.05, 0.1) is 0 Å². The Kier molecular flexibility index (Phi) is 4.03. The highest BCUT2D eigenvalue weighted by Crippen LogP contribution is 1.84. The summed E-state index contributed by atoms with van der Waals surface area (Å²) in [5.41, 5.74) is 0.503. The summed E-state index contributed by atoms with van der Waals surface area (Å²) >= 11 is 0. The molecule has 62 valence electrons. The predicted molar refractivity (Wildman–Crippen MR) is 46.1 cm³/mol. The molecule has 0 aliphatic heterocycles. The third kappa shape index (κ3) is 5.21. The van der Waals surface area contributed by atoms with Gasteiger partial charge in [0.1, 0.15) is 0 Å². The molecule has 0 saturated carbocycles. The number of carbonyl (C=O) groups is 1. The molecule has 0 aromatic heterocycles. The van der Waals surface area contributed by atoms with Crippen LogP contribution in [0.1, 0.15) is 13.8 Å². The maximum Gasteiger partial charge on any atom is 0.319 e. The van der Waals surface area contributed by atoms with Crippen LogP contribution in [0.2, 0.25) is 0 Å². The predicted octanol–water partition coefficient (Wildman–Crippen LogP) is 1.39. The van der Waals surface area contributed by atoms with Crippen LogP contribution in [0.5, 0.6) is 0 Å². The highest BCUT2D eigenvalue weighted by atomic mass is 16.2. The fourth-order valence-electron chi connectivity index (χ4n) is 0.495. The zero-order valence-electron chi connectivity index (χ0n) is 6.98. The molecular weight excluding hydrogens is 140 g/mol. The van der Waals surface area contributed by atoms with Crippen LogP contribution in [-0.2, 0) is 0 Å². The summed E-state index contributed by atoms with van der Waals surface area (Å²) < 4.78 is 0. The second-order valence-electron chi connectivity index (χ2n) is 2.48. The van der Waals surface area contributed by atoms with Crippen molar-refractivity contribution in [3.63, 3.8) is 0 Å². The molecule has 0 aromatic rings. The Morgan fingerprint density at radius 2 is 2.09 bits per heavy atom. The minimum absolute atomic E-state index is 0.132. The van der Waals surface area contributed by atoms with E-state index in [1.807, 2.05) is 13.8 Å². The normalized spacial score (nSPS) is 9.00. The van der Waals surface area contributed by atoms with Crippen LogP contribution in [0, 0.1) is 0 Å². The molecule has 2 N–H and O–H groups in total. The molecule has 0 spiro atoms. The lowest BCUT2D eigenvalue weighted by Gasteiger charge is -2.09. The minimum atomic E-state index is -0.245. The third-order valence-electron chi connectivity index (χ3n) is 0.940. The number of nitrogens with one attached hydrogen (secondary N) is 2. The second kappa shape index (κ2) is 4.55. The van der Waals surface area contributed by atoms with Gasteiger partial charge in [-0.05, 0) is 19.9 Å². The van der Waals surface area contributed by atoms with Crippen molar-refractivity contribution in [2.75, 3.05) is 0 Å². The topological polar surface area (TPSA) is 41.1 Å². The summed E-state index contributed by atoms with van der Waals surface area (Å²) in [4.78, 5) is 10.9. The molecule has 0 heterocycles. The van der Waals surface area contributed by atoms with Crippen LogP contribution in [-0.4, -0.2) is 12.1 Å². The zero-order chi connectivity index (χ0) is 8.85. The van der Waals surface area contributed by atoms with E-state index in [1.165, 1.54) is 6.08 Å². The van der Waals surface area contributed by atoms with E-state index >= 15 is 0 Å².